The molecule has 0 aliphatic rings. The van der Waals surface area contributed by atoms with E-state index in [0.29, 0.717) is 22.9 Å². The molecule has 3 aromatic rings. The van der Waals surface area contributed by atoms with Gasteiger partial charge in [-0.1, -0.05) is 42.5 Å². The lowest BCUT2D eigenvalue weighted by Crippen LogP contribution is -2.30. The molecule has 1 amide bonds. The summed E-state index contributed by atoms with van der Waals surface area (Å²) >= 11 is 0. The Balaban J connectivity index is 1.64. The Bertz CT molecular complexity index is 923. The number of hydrogen-bond acceptors (Lipinski definition) is 4. The van der Waals surface area contributed by atoms with E-state index in [0.717, 1.165) is 11.1 Å². The minimum Gasteiger partial charge on any atom is -0.497 e. The van der Waals surface area contributed by atoms with Crippen molar-refractivity contribution in [3.8, 4) is 28.4 Å². The molecule has 1 unspecified atom stereocenters. The maximum Gasteiger partial charge on any atom is 0.265 e. The Kier molecular flexibility index (Phi) is 6.17. The minimum absolute atomic E-state index is 0.268. The quantitative estimate of drug-likeness (QED) is 0.644. The third-order valence-electron chi connectivity index (χ3n) is 4.31. The predicted molar refractivity (Wildman–Crippen MR) is 110 cm³/mol. The van der Waals surface area contributed by atoms with Crippen LogP contribution in [0.3, 0.4) is 0 Å². The number of carbonyl (C=O) groups excluding carboxylic acids is 1. The zero-order chi connectivity index (χ0) is 19.9. The van der Waals surface area contributed by atoms with Gasteiger partial charge in [-0.2, -0.15) is 0 Å². The molecule has 0 aliphatic heterocycles. The summed E-state index contributed by atoms with van der Waals surface area (Å²) < 4.78 is 16.3. The van der Waals surface area contributed by atoms with Crippen molar-refractivity contribution < 1.29 is 19.0 Å². The summed E-state index contributed by atoms with van der Waals surface area (Å²) in [7, 11) is 3.12. The molecule has 0 radical (unpaired) electrons. The highest BCUT2D eigenvalue weighted by Crippen LogP contribution is 2.29. The topological polar surface area (TPSA) is 56.8 Å². The number of ether oxygens (including phenoxy) is 3. The van der Waals surface area contributed by atoms with Crippen LogP contribution in [0, 0.1) is 0 Å². The molecule has 0 aromatic heterocycles. The highest BCUT2D eigenvalue weighted by Gasteiger charge is 2.17. The van der Waals surface area contributed by atoms with Crippen molar-refractivity contribution in [3.63, 3.8) is 0 Å². The second-order valence-electron chi connectivity index (χ2n) is 6.21. The van der Waals surface area contributed by atoms with E-state index in [2.05, 4.69) is 5.32 Å². The van der Waals surface area contributed by atoms with Crippen LogP contribution in [0.15, 0.2) is 72.8 Å². The van der Waals surface area contributed by atoms with Gasteiger partial charge in [0.05, 0.1) is 19.9 Å². The summed E-state index contributed by atoms with van der Waals surface area (Å²) in [6.07, 6.45) is -0.672. The number of rotatable bonds is 7. The Labute approximate surface area is 164 Å². The van der Waals surface area contributed by atoms with E-state index in [1.807, 2.05) is 54.6 Å². The molecule has 1 atom stereocenters. The van der Waals surface area contributed by atoms with Gasteiger partial charge in [0.1, 0.15) is 17.2 Å². The van der Waals surface area contributed by atoms with Gasteiger partial charge in [0.25, 0.3) is 5.91 Å². The number of benzene rings is 3. The average Bonchev–Trinajstić information content (AvgIpc) is 2.75. The Hall–Kier alpha value is -3.47. The average molecular weight is 377 g/mol. The summed E-state index contributed by atoms with van der Waals surface area (Å²) in [6, 6.07) is 23.0. The first-order valence-corrected chi connectivity index (χ1v) is 8.95. The van der Waals surface area contributed by atoms with Crippen LogP contribution in [0.4, 0.5) is 5.69 Å². The van der Waals surface area contributed by atoms with Crippen molar-refractivity contribution in [1.82, 2.24) is 0 Å². The predicted octanol–water partition coefficient (Wildman–Crippen LogP) is 4.78. The monoisotopic (exact) mass is 377 g/mol. The standard InChI is InChI=1S/C23H23NO4/c1-16(23(25)24-21-14-13-20(26-2)15-22(21)27-3)28-19-11-9-18(10-12-19)17-7-5-4-6-8-17/h4-16H,1-3H3,(H,24,25). The zero-order valence-corrected chi connectivity index (χ0v) is 16.1. The van der Waals surface area contributed by atoms with E-state index in [1.165, 1.54) is 0 Å². The van der Waals surface area contributed by atoms with Crippen LogP contribution in [0.2, 0.25) is 0 Å². The number of carbonyl (C=O) groups is 1. The van der Waals surface area contributed by atoms with E-state index < -0.39 is 6.10 Å². The lowest BCUT2D eigenvalue weighted by atomic mass is 10.1. The van der Waals surface area contributed by atoms with E-state index in [4.69, 9.17) is 14.2 Å². The van der Waals surface area contributed by atoms with Crippen molar-refractivity contribution in [3.05, 3.63) is 72.8 Å². The molecular formula is C23H23NO4. The molecule has 0 heterocycles. The number of amides is 1. The molecule has 0 saturated heterocycles. The second-order valence-corrected chi connectivity index (χ2v) is 6.21. The van der Waals surface area contributed by atoms with Gasteiger partial charge in [-0.25, -0.2) is 0 Å². The van der Waals surface area contributed by atoms with Gasteiger partial charge in [-0.05, 0) is 42.3 Å². The molecule has 0 fully saturated rings. The lowest BCUT2D eigenvalue weighted by molar-refractivity contribution is -0.122. The maximum atomic E-state index is 12.5. The molecule has 3 rings (SSSR count). The Morgan fingerprint density at radius 2 is 1.46 bits per heavy atom. The van der Waals surface area contributed by atoms with Gasteiger partial charge in [0.2, 0.25) is 0 Å². The van der Waals surface area contributed by atoms with Crippen LogP contribution in [0.1, 0.15) is 6.92 Å². The Morgan fingerprint density at radius 1 is 0.821 bits per heavy atom. The van der Waals surface area contributed by atoms with Crippen molar-refractivity contribution in [2.75, 3.05) is 19.5 Å². The lowest BCUT2D eigenvalue weighted by Gasteiger charge is -2.17. The molecular weight excluding hydrogens is 354 g/mol. The van der Waals surface area contributed by atoms with E-state index in [9.17, 15) is 4.79 Å². The molecule has 5 nitrogen and oxygen atoms in total. The van der Waals surface area contributed by atoms with E-state index in [1.54, 1.807) is 39.3 Å². The van der Waals surface area contributed by atoms with Crippen molar-refractivity contribution >= 4 is 11.6 Å². The molecule has 1 N–H and O–H groups in total. The summed E-state index contributed by atoms with van der Waals surface area (Å²) in [5.74, 6) is 1.53. The highest BCUT2D eigenvalue weighted by molar-refractivity contribution is 5.95. The summed E-state index contributed by atoms with van der Waals surface area (Å²) in [6.45, 7) is 1.70. The van der Waals surface area contributed by atoms with Crippen LogP contribution in [-0.4, -0.2) is 26.2 Å². The van der Waals surface area contributed by atoms with Crippen LogP contribution < -0.4 is 19.5 Å². The highest BCUT2D eigenvalue weighted by atomic mass is 16.5. The zero-order valence-electron chi connectivity index (χ0n) is 16.1. The summed E-state index contributed by atoms with van der Waals surface area (Å²) in [4.78, 5) is 12.5. The Morgan fingerprint density at radius 3 is 2.11 bits per heavy atom. The third-order valence-corrected chi connectivity index (χ3v) is 4.31. The second kappa shape index (κ2) is 8.95. The summed E-state index contributed by atoms with van der Waals surface area (Å²) in [5.41, 5.74) is 2.78. The number of anilines is 1. The fourth-order valence-electron chi connectivity index (χ4n) is 2.75. The first kappa shape index (κ1) is 19.3. The number of hydrogen-bond donors (Lipinski definition) is 1. The molecule has 0 aliphatic carbocycles. The van der Waals surface area contributed by atoms with Gasteiger partial charge in [-0.3, -0.25) is 4.79 Å². The van der Waals surface area contributed by atoms with Crippen LogP contribution in [-0.2, 0) is 4.79 Å². The largest absolute Gasteiger partial charge is 0.497 e. The fraction of sp³-hybridized carbons (Fsp3) is 0.174. The maximum absolute atomic E-state index is 12.5. The first-order valence-electron chi connectivity index (χ1n) is 8.95. The van der Waals surface area contributed by atoms with Crippen molar-refractivity contribution in [2.24, 2.45) is 0 Å². The van der Waals surface area contributed by atoms with Gasteiger partial charge in [0.15, 0.2) is 6.10 Å². The smallest absolute Gasteiger partial charge is 0.265 e. The molecule has 28 heavy (non-hydrogen) atoms. The van der Waals surface area contributed by atoms with Gasteiger partial charge < -0.3 is 19.5 Å². The molecule has 144 valence electrons. The van der Waals surface area contributed by atoms with Crippen molar-refractivity contribution in [1.29, 1.82) is 0 Å². The van der Waals surface area contributed by atoms with Gasteiger partial charge in [-0.15, -0.1) is 0 Å². The number of nitrogens with one attached hydrogen (secondary N) is 1. The summed E-state index contributed by atoms with van der Waals surface area (Å²) in [5, 5.41) is 2.83. The molecule has 0 spiro atoms. The normalized spacial score (nSPS) is 11.4. The number of methoxy groups -OCH3 is 2. The van der Waals surface area contributed by atoms with Crippen LogP contribution in [0.25, 0.3) is 11.1 Å². The van der Waals surface area contributed by atoms with Gasteiger partial charge >= 0.3 is 0 Å². The first-order chi connectivity index (χ1) is 13.6. The van der Waals surface area contributed by atoms with E-state index in [-0.39, 0.29) is 5.91 Å². The molecule has 5 heteroatoms. The van der Waals surface area contributed by atoms with Crippen molar-refractivity contribution in [2.45, 2.75) is 13.0 Å². The molecule has 0 bridgehead atoms. The van der Waals surface area contributed by atoms with E-state index >= 15 is 0 Å². The van der Waals surface area contributed by atoms with Gasteiger partial charge in [0, 0.05) is 6.07 Å². The van der Waals surface area contributed by atoms with Crippen LogP contribution >= 0.6 is 0 Å². The SMILES string of the molecule is COc1ccc(NC(=O)C(C)Oc2ccc(-c3ccccc3)cc2)c(OC)c1. The third kappa shape index (κ3) is 4.62. The molecule has 0 saturated carbocycles. The minimum atomic E-state index is -0.672. The fourth-order valence-corrected chi connectivity index (χ4v) is 2.75. The molecule has 3 aromatic carbocycles. The van der Waals surface area contributed by atoms with Crippen LogP contribution in [0.5, 0.6) is 17.2 Å².